The number of nitrogens with one attached hydrogen (secondary N) is 1. The number of halogens is 3. The summed E-state index contributed by atoms with van der Waals surface area (Å²) in [5, 5.41) is 3.26. The number of fused-ring (bicyclic) bond motifs is 2. The van der Waals surface area contributed by atoms with Crippen molar-refractivity contribution in [3.63, 3.8) is 0 Å². The van der Waals surface area contributed by atoms with Gasteiger partial charge >= 0.3 is 6.18 Å². The Bertz CT molecular complexity index is 833. The van der Waals surface area contributed by atoms with Gasteiger partial charge in [0.15, 0.2) is 0 Å². The van der Waals surface area contributed by atoms with Gasteiger partial charge in [-0.3, -0.25) is 4.79 Å². The van der Waals surface area contributed by atoms with E-state index in [1.807, 2.05) is 24.3 Å². The van der Waals surface area contributed by atoms with Crippen LogP contribution in [0.4, 0.5) is 18.9 Å². The molecule has 6 heteroatoms. The first-order valence-corrected chi connectivity index (χ1v) is 8.21. The van der Waals surface area contributed by atoms with Gasteiger partial charge in [0, 0.05) is 12.1 Å². The maximum absolute atomic E-state index is 13.2. The largest absolute Gasteiger partial charge is 0.406 e. The van der Waals surface area contributed by atoms with Gasteiger partial charge in [-0.2, -0.15) is 13.2 Å². The van der Waals surface area contributed by atoms with Crippen LogP contribution in [0.2, 0.25) is 0 Å². The molecule has 1 aliphatic carbocycles. The van der Waals surface area contributed by atoms with E-state index in [2.05, 4.69) is 5.32 Å². The molecule has 0 radical (unpaired) electrons. The molecule has 1 aliphatic heterocycles. The molecule has 1 heterocycles. The van der Waals surface area contributed by atoms with Crippen molar-refractivity contribution in [1.82, 2.24) is 4.90 Å². The first-order chi connectivity index (χ1) is 11.9. The fourth-order valence-electron chi connectivity index (χ4n) is 3.89. The van der Waals surface area contributed by atoms with Crippen molar-refractivity contribution in [2.45, 2.75) is 31.1 Å². The number of aryl methyl sites for hydroxylation is 1. The van der Waals surface area contributed by atoms with Crippen molar-refractivity contribution in [2.24, 2.45) is 0 Å². The summed E-state index contributed by atoms with van der Waals surface area (Å²) in [5.74, 6) is -0.564. The second-order valence-corrected chi connectivity index (χ2v) is 6.65. The molecule has 1 atom stereocenters. The van der Waals surface area contributed by atoms with Crippen LogP contribution in [-0.4, -0.2) is 29.2 Å². The average Bonchev–Trinajstić information content (AvgIpc) is 2.58. The minimum Gasteiger partial charge on any atom is -0.362 e. The van der Waals surface area contributed by atoms with Gasteiger partial charge in [-0.25, -0.2) is 0 Å². The molecule has 1 amide bonds. The lowest BCUT2D eigenvalue weighted by Crippen LogP contribution is -2.64. The van der Waals surface area contributed by atoms with Gasteiger partial charge in [-0.15, -0.1) is 0 Å². The zero-order valence-electron chi connectivity index (χ0n) is 13.4. The van der Waals surface area contributed by atoms with Gasteiger partial charge in [0.05, 0.1) is 5.56 Å². The van der Waals surface area contributed by atoms with E-state index in [-0.39, 0.29) is 5.56 Å². The van der Waals surface area contributed by atoms with Crippen molar-refractivity contribution >= 4 is 11.6 Å². The zero-order valence-corrected chi connectivity index (χ0v) is 13.4. The van der Waals surface area contributed by atoms with Crippen LogP contribution in [0.1, 0.15) is 27.9 Å². The smallest absolute Gasteiger partial charge is 0.362 e. The van der Waals surface area contributed by atoms with Gasteiger partial charge in [-0.05, 0) is 36.1 Å². The molecule has 1 N–H and O–H groups in total. The first-order valence-electron chi connectivity index (χ1n) is 8.21. The molecule has 25 heavy (non-hydrogen) atoms. The molecule has 0 fully saturated rings. The van der Waals surface area contributed by atoms with Crippen LogP contribution >= 0.6 is 0 Å². The summed E-state index contributed by atoms with van der Waals surface area (Å²) in [6, 6.07) is 14.5. The Kier molecular flexibility index (Phi) is 3.52. The van der Waals surface area contributed by atoms with Gasteiger partial charge < -0.3 is 10.2 Å². The third-order valence-corrected chi connectivity index (χ3v) is 5.03. The third-order valence-electron chi connectivity index (χ3n) is 5.03. The van der Waals surface area contributed by atoms with E-state index < -0.39 is 24.3 Å². The Balaban J connectivity index is 1.80. The van der Waals surface area contributed by atoms with E-state index in [0.29, 0.717) is 24.9 Å². The van der Waals surface area contributed by atoms with Crippen LogP contribution in [0.5, 0.6) is 0 Å². The SMILES string of the molecule is O=C1c2ccccc2N[C@]2(CCc3ccccc3C2)N1CC(F)(F)F. The van der Waals surface area contributed by atoms with E-state index in [9.17, 15) is 18.0 Å². The minimum atomic E-state index is -4.45. The normalized spacial score (nSPS) is 22.4. The molecule has 0 bridgehead atoms. The van der Waals surface area contributed by atoms with Crippen LogP contribution in [0, 0.1) is 0 Å². The van der Waals surface area contributed by atoms with Crippen molar-refractivity contribution in [3.8, 4) is 0 Å². The minimum absolute atomic E-state index is 0.288. The second kappa shape index (κ2) is 5.51. The zero-order chi connectivity index (χ0) is 17.7. The number of hydrogen-bond donors (Lipinski definition) is 1. The van der Waals surface area contributed by atoms with Gasteiger partial charge in [-0.1, -0.05) is 36.4 Å². The van der Waals surface area contributed by atoms with E-state index in [1.54, 1.807) is 24.3 Å². The van der Waals surface area contributed by atoms with E-state index in [4.69, 9.17) is 0 Å². The predicted molar refractivity (Wildman–Crippen MR) is 88.4 cm³/mol. The molecule has 2 aromatic rings. The summed E-state index contributed by atoms with van der Waals surface area (Å²) >= 11 is 0. The molecular weight excluding hydrogens is 329 g/mol. The highest BCUT2D eigenvalue weighted by molar-refractivity contribution is 6.02. The molecule has 0 saturated carbocycles. The summed E-state index contributed by atoms with van der Waals surface area (Å²) in [6.07, 6.45) is -3.01. The number of hydrogen-bond acceptors (Lipinski definition) is 2. The number of carbonyl (C=O) groups is 1. The summed E-state index contributed by atoms with van der Waals surface area (Å²) in [6.45, 7) is -1.25. The van der Waals surface area contributed by atoms with Crippen molar-refractivity contribution in [2.75, 3.05) is 11.9 Å². The van der Waals surface area contributed by atoms with Crippen LogP contribution < -0.4 is 5.32 Å². The number of amides is 1. The lowest BCUT2D eigenvalue weighted by molar-refractivity contribution is -0.151. The standard InChI is InChI=1S/C19H17F3N2O/c20-19(21,22)12-24-17(25)15-7-3-4-8-16(15)23-18(24)10-9-13-5-1-2-6-14(13)11-18/h1-8,23H,9-12H2/t18-/m1/s1. The highest BCUT2D eigenvalue weighted by Gasteiger charge is 2.50. The molecule has 0 aromatic heterocycles. The number of para-hydroxylation sites is 1. The lowest BCUT2D eigenvalue weighted by atomic mass is 9.80. The van der Waals surface area contributed by atoms with Gasteiger partial charge in [0.1, 0.15) is 12.2 Å². The fourth-order valence-corrected chi connectivity index (χ4v) is 3.89. The number of nitrogens with zero attached hydrogens (tertiary/aromatic N) is 1. The molecule has 3 nitrogen and oxygen atoms in total. The monoisotopic (exact) mass is 346 g/mol. The molecule has 4 rings (SSSR count). The Morgan fingerprint density at radius 1 is 1.04 bits per heavy atom. The molecule has 0 unspecified atom stereocenters. The van der Waals surface area contributed by atoms with Crippen LogP contribution in [-0.2, 0) is 12.8 Å². The van der Waals surface area contributed by atoms with Crippen molar-refractivity contribution in [1.29, 1.82) is 0 Å². The summed E-state index contributed by atoms with van der Waals surface area (Å²) in [5.41, 5.74) is 1.96. The number of anilines is 1. The lowest BCUT2D eigenvalue weighted by Gasteiger charge is -2.51. The van der Waals surface area contributed by atoms with Gasteiger partial charge in [0.2, 0.25) is 0 Å². The molecule has 0 saturated heterocycles. The molecular formula is C19H17F3N2O. The topological polar surface area (TPSA) is 32.3 Å². The predicted octanol–water partition coefficient (Wildman–Crippen LogP) is 4.00. The highest BCUT2D eigenvalue weighted by atomic mass is 19.4. The Morgan fingerprint density at radius 2 is 1.72 bits per heavy atom. The maximum atomic E-state index is 13.2. The molecule has 1 spiro atoms. The molecule has 2 aliphatic rings. The van der Waals surface area contributed by atoms with Crippen LogP contribution in [0.15, 0.2) is 48.5 Å². The van der Waals surface area contributed by atoms with E-state index in [1.165, 1.54) is 0 Å². The van der Waals surface area contributed by atoms with E-state index in [0.717, 1.165) is 16.0 Å². The second-order valence-electron chi connectivity index (χ2n) is 6.65. The highest BCUT2D eigenvalue weighted by Crippen LogP contribution is 2.41. The summed E-state index contributed by atoms with van der Waals surface area (Å²) in [7, 11) is 0. The Labute approximate surface area is 143 Å². The van der Waals surface area contributed by atoms with E-state index >= 15 is 0 Å². The number of benzene rings is 2. The quantitative estimate of drug-likeness (QED) is 0.846. The third kappa shape index (κ3) is 2.75. The van der Waals surface area contributed by atoms with Crippen molar-refractivity contribution in [3.05, 3.63) is 65.2 Å². The Hall–Kier alpha value is -2.50. The fraction of sp³-hybridized carbons (Fsp3) is 0.316. The summed E-state index contributed by atoms with van der Waals surface area (Å²) in [4.78, 5) is 13.8. The first kappa shape index (κ1) is 16.0. The van der Waals surface area contributed by atoms with Gasteiger partial charge in [0.25, 0.3) is 5.91 Å². The van der Waals surface area contributed by atoms with Crippen LogP contribution in [0.25, 0.3) is 0 Å². The maximum Gasteiger partial charge on any atom is 0.406 e. The number of carbonyl (C=O) groups excluding carboxylic acids is 1. The average molecular weight is 346 g/mol. The Morgan fingerprint density at radius 3 is 2.48 bits per heavy atom. The number of rotatable bonds is 1. The number of alkyl halides is 3. The van der Waals surface area contributed by atoms with Crippen LogP contribution in [0.3, 0.4) is 0 Å². The summed E-state index contributed by atoms with van der Waals surface area (Å²) < 4.78 is 39.6. The molecule has 2 aromatic carbocycles. The van der Waals surface area contributed by atoms with Crippen molar-refractivity contribution < 1.29 is 18.0 Å². The molecule has 130 valence electrons.